The smallest absolute Gasteiger partial charge is 0.227 e. The minimum absolute atomic E-state index is 0.0952. The van der Waals surface area contributed by atoms with Gasteiger partial charge in [-0.1, -0.05) is 6.92 Å². The summed E-state index contributed by atoms with van der Waals surface area (Å²) in [6.07, 6.45) is 0.984. The predicted molar refractivity (Wildman–Crippen MR) is 70.2 cm³/mol. The van der Waals surface area contributed by atoms with E-state index in [1.54, 1.807) is 20.3 Å². The highest BCUT2D eigenvalue weighted by atomic mass is 16.5. The molecule has 1 aromatic rings. The summed E-state index contributed by atoms with van der Waals surface area (Å²) in [7, 11) is 3.18. The van der Waals surface area contributed by atoms with Crippen molar-refractivity contribution in [3.63, 3.8) is 0 Å². The highest BCUT2D eigenvalue weighted by Crippen LogP contribution is 2.39. The molecule has 0 radical (unpaired) electrons. The Balaban J connectivity index is 2.19. The van der Waals surface area contributed by atoms with Crippen LogP contribution in [0.5, 0.6) is 11.5 Å². The Morgan fingerprint density at radius 2 is 1.83 bits per heavy atom. The molecular formula is C14H19NO3. The fourth-order valence-electron chi connectivity index (χ4n) is 2.03. The van der Waals surface area contributed by atoms with Gasteiger partial charge in [-0.05, 0) is 30.9 Å². The van der Waals surface area contributed by atoms with Gasteiger partial charge in [-0.15, -0.1) is 0 Å². The second kappa shape index (κ2) is 4.88. The quantitative estimate of drug-likeness (QED) is 0.892. The Morgan fingerprint density at radius 1 is 1.28 bits per heavy atom. The van der Waals surface area contributed by atoms with Crippen LogP contribution in [0.4, 0.5) is 5.69 Å². The van der Waals surface area contributed by atoms with Crippen LogP contribution in [0.3, 0.4) is 0 Å². The van der Waals surface area contributed by atoms with Crippen molar-refractivity contribution >= 4 is 11.6 Å². The maximum atomic E-state index is 11.9. The number of ether oxygens (including phenoxy) is 2. The van der Waals surface area contributed by atoms with Crippen LogP contribution in [0.2, 0.25) is 0 Å². The summed E-state index contributed by atoms with van der Waals surface area (Å²) in [5.41, 5.74) is 1.76. The number of hydrogen-bond donors (Lipinski definition) is 1. The van der Waals surface area contributed by atoms with Gasteiger partial charge in [0.15, 0.2) is 11.5 Å². The summed E-state index contributed by atoms with van der Waals surface area (Å²) in [6.45, 7) is 4.03. The molecule has 2 atom stereocenters. The van der Waals surface area contributed by atoms with Crippen molar-refractivity contribution in [2.24, 2.45) is 11.8 Å². The molecule has 98 valence electrons. The molecule has 1 amide bonds. The van der Waals surface area contributed by atoms with E-state index in [1.807, 2.05) is 13.0 Å². The molecular weight excluding hydrogens is 230 g/mol. The van der Waals surface area contributed by atoms with Crippen molar-refractivity contribution in [2.45, 2.75) is 20.3 Å². The number of carbonyl (C=O) groups is 1. The van der Waals surface area contributed by atoms with Gasteiger partial charge in [0.05, 0.1) is 14.2 Å². The van der Waals surface area contributed by atoms with E-state index in [1.165, 1.54) is 0 Å². The Kier molecular flexibility index (Phi) is 3.45. The van der Waals surface area contributed by atoms with Gasteiger partial charge in [0.2, 0.25) is 5.91 Å². The average Bonchev–Trinajstić information content (AvgIpc) is 3.08. The maximum absolute atomic E-state index is 11.9. The van der Waals surface area contributed by atoms with Gasteiger partial charge in [0.1, 0.15) is 0 Å². The summed E-state index contributed by atoms with van der Waals surface area (Å²) >= 11 is 0. The summed E-state index contributed by atoms with van der Waals surface area (Å²) in [5.74, 6) is 2.07. The standard InChI is InChI=1S/C14H19NO3/c1-8-5-10(8)14(16)15-11-7-13(18-4)12(17-3)6-9(11)2/h6-8,10H,5H2,1-4H3,(H,15,16). The van der Waals surface area contributed by atoms with E-state index in [0.29, 0.717) is 17.4 Å². The molecule has 2 unspecified atom stereocenters. The number of anilines is 1. The maximum Gasteiger partial charge on any atom is 0.227 e. The lowest BCUT2D eigenvalue weighted by Crippen LogP contribution is -2.15. The first-order chi connectivity index (χ1) is 8.56. The Labute approximate surface area is 107 Å². The molecule has 0 bridgehead atoms. The largest absolute Gasteiger partial charge is 0.493 e. The van der Waals surface area contributed by atoms with E-state index in [4.69, 9.17) is 9.47 Å². The normalized spacial score (nSPS) is 21.3. The van der Waals surface area contributed by atoms with Crippen LogP contribution in [-0.4, -0.2) is 20.1 Å². The van der Waals surface area contributed by atoms with E-state index < -0.39 is 0 Å². The van der Waals surface area contributed by atoms with Gasteiger partial charge in [0.25, 0.3) is 0 Å². The van der Waals surface area contributed by atoms with Crippen LogP contribution in [-0.2, 0) is 4.79 Å². The van der Waals surface area contributed by atoms with E-state index in [9.17, 15) is 4.79 Å². The molecule has 4 nitrogen and oxygen atoms in total. The average molecular weight is 249 g/mol. The fraction of sp³-hybridized carbons (Fsp3) is 0.500. The number of carbonyl (C=O) groups excluding carboxylic acids is 1. The minimum atomic E-state index is 0.0952. The first-order valence-electron chi connectivity index (χ1n) is 6.10. The molecule has 0 heterocycles. The molecule has 0 aliphatic heterocycles. The van der Waals surface area contributed by atoms with Crippen molar-refractivity contribution < 1.29 is 14.3 Å². The lowest BCUT2D eigenvalue weighted by Gasteiger charge is -2.13. The van der Waals surface area contributed by atoms with Gasteiger partial charge < -0.3 is 14.8 Å². The summed E-state index contributed by atoms with van der Waals surface area (Å²) in [6, 6.07) is 3.67. The van der Waals surface area contributed by atoms with Gasteiger partial charge >= 0.3 is 0 Å². The molecule has 18 heavy (non-hydrogen) atoms. The third-order valence-electron chi connectivity index (χ3n) is 3.43. The zero-order valence-electron chi connectivity index (χ0n) is 11.2. The van der Waals surface area contributed by atoms with Crippen LogP contribution < -0.4 is 14.8 Å². The molecule has 0 saturated heterocycles. The second-order valence-electron chi connectivity index (χ2n) is 4.83. The van der Waals surface area contributed by atoms with Gasteiger partial charge in [-0.25, -0.2) is 0 Å². The second-order valence-corrected chi connectivity index (χ2v) is 4.83. The lowest BCUT2D eigenvalue weighted by molar-refractivity contribution is -0.117. The van der Waals surface area contributed by atoms with E-state index in [0.717, 1.165) is 17.7 Å². The Morgan fingerprint density at radius 3 is 2.33 bits per heavy atom. The third-order valence-corrected chi connectivity index (χ3v) is 3.43. The molecule has 1 aliphatic carbocycles. The topological polar surface area (TPSA) is 47.6 Å². The van der Waals surface area contributed by atoms with E-state index in [-0.39, 0.29) is 11.8 Å². The van der Waals surface area contributed by atoms with Crippen LogP contribution in [0.1, 0.15) is 18.9 Å². The Bertz CT molecular complexity index is 470. The number of hydrogen-bond acceptors (Lipinski definition) is 3. The number of rotatable bonds is 4. The van der Waals surface area contributed by atoms with Crippen LogP contribution >= 0.6 is 0 Å². The fourth-order valence-corrected chi connectivity index (χ4v) is 2.03. The molecule has 1 saturated carbocycles. The monoisotopic (exact) mass is 249 g/mol. The number of aryl methyl sites for hydroxylation is 1. The molecule has 0 aromatic heterocycles. The molecule has 1 aliphatic rings. The molecule has 1 aromatic carbocycles. The summed E-state index contributed by atoms with van der Waals surface area (Å²) in [4.78, 5) is 11.9. The van der Waals surface area contributed by atoms with E-state index >= 15 is 0 Å². The van der Waals surface area contributed by atoms with Crippen molar-refractivity contribution in [1.82, 2.24) is 0 Å². The minimum Gasteiger partial charge on any atom is -0.493 e. The van der Waals surface area contributed by atoms with Gasteiger partial charge in [-0.2, -0.15) is 0 Å². The number of amides is 1. The van der Waals surface area contributed by atoms with Crippen LogP contribution in [0, 0.1) is 18.8 Å². The first-order valence-corrected chi connectivity index (χ1v) is 6.10. The van der Waals surface area contributed by atoms with Crippen LogP contribution in [0.25, 0.3) is 0 Å². The van der Waals surface area contributed by atoms with Crippen molar-refractivity contribution in [2.75, 3.05) is 19.5 Å². The zero-order chi connectivity index (χ0) is 13.3. The predicted octanol–water partition coefficient (Wildman–Crippen LogP) is 2.61. The van der Waals surface area contributed by atoms with Crippen molar-refractivity contribution in [3.05, 3.63) is 17.7 Å². The Hall–Kier alpha value is -1.71. The van der Waals surface area contributed by atoms with Gasteiger partial charge in [0, 0.05) is 17.7 Å². The van der Waals surface area contributed by atoms with Crippen molar-refractivity contribution in [1.29, 1.82) is 0 Å². The zero-order valence-corrected chi connectivity index (χ0v) is 11.2. The number of benzene rings is 1. The SMILES string of the molecule is COc1cc(C)c(NC(=O)C2CC2C)cc1OC. The summed E-state index contributed by atoms with van der Waals surface area (Å²) in [5, 5.41) is 2.95. The third kappa shape index (κ3) is 2.42. The lowest BCUT2D eigenvalue weighted by atomic mass is 10.1. The van der Waals surface area contributed by atoms with Crippen molar-refractivity contribution in [3.8, 4) is 11.5 Å². The number of methoxy groups -OCH3 is 2. The molecule has 0 spiro atoms. The van der Waals surface area contributed by atoms with E-state index in [2.05, 4.69) is 12.2 Å². The molecule has 1 fully saturated rings. The number of nitrogens with one attached hydrogen (secondary N) is 1. The highest BCUT2D eigenvalue weighted by molar-refractivity contribution is 5.95. The molecule has 2 rings (SSSR count). The van der Waals surface area contributed by atoms with Gasteiger partial charge in [-0.3, -0.25) is 4.79 Å². The molecule has 1 N–H and O–H groups in total. The molecule has 4 heteroatoms. The highest BCUT2D eigenvalue weighted by Gasteiger charge is 2.39. The summed E-state index contributed by atoms with van der Waals surface area (Å²) < 4.78 is 10.5. The van der Waals surface area contributed by atoms with Crippen LogP contribution in [0.15, 0.2) is 12.1 Å². The first kappa shape index (κ1) is 12.7.